The Kier molecular flexibility index (Phi) is 6.80. The molecule has 116 valence electrons. The van der Waals surface area contributed by atoms with Crippen molar-refractivity contribution in [2.75, 3.05) is 6.16 Å². The van der Waals surface area contributed by atoms with E-state index in [1.54, 1.807) is 0 Å². The van der Waals surface area contributed by atoms with Gasteiger partial charge >= 0.3 is 13.6 Å². The second-order valence-electron chi connectivity index (χ2n) is 4.25. The number of amides is 2. The molecule has 3 atom stereocenters. The second kappa shape index (κ2) is 7.34. The van der Waals surface area contributed by atoms with E-state index in [2.05, 4.69) is 10.6 Å². The highest BCUT2D eigenvalue weighted by Crippen LogP contribution is 2.34. The molecule has 0 aliphatic carbocycles. The van der Waals surface area contributed by atoms with Gasteiger partial charge in [-0.15, -0.1) is 0 Å². The molecule has 0 saturated heterocycles. The molecule has 0 saturated carbocycles. The summed E-state index contributed by atoms with van der Waals surface area (Å²) in [5, 5.41) is 12.9. The van der Waals surface area contributed by atoms with E-state index in [0.717, 1.165) is 0 Å². The molecule has 0 aromatic rings. The highest BCUT2D eigenvalue weighted by molar-refractivity contribution is 7.51. The van der Waals surface area contributed by atoms with Gasteiger partial charge in [0.15, 0.2) is 0 Å². The van der Waals surface area contributed by atoms with Crippen molar-refractivity contribution in [3.05, 3.63) is 0 Å². The number of nitrogens with one attached hydrogen (secondary N) is 2. The molecule has 0 radical (unpaired) electrons. The monoisotopic (exact) mass is 311 g/mol. The van der Waals surface area contributed by atoms with Crippen molar-refractivity contribution in [2.45, 2.75) is 32.0 Å². The first-order chi connectivity index (χ1) is 8.94. The molecule has 0 aromatic heterocycles. The number of hydrogen-bond donors (Lipinski definition) is 6. The minimum Gasteiger partial charge on any atom is -0.480 e. The Labute approximate surface area is 114 Å². The van der Waals surface area contributed by atoms with Crippen LogP contribution in [0.1, 0.15) is 13.8 Å². The minimum absolute atomic E-state index is 0.753. The fourth-order valence-electron chi connectivity index (χ4n) is 1.13. The van der Waals surface area contributed by atoms with Gasteiger partial charge in [-0.25, -0.2) is 0 Å². The van der Waals surface area contributed by atoms with Crippen molar-refractivity contribution in [3.8, 4) is 0 Å². The SMILES string of the molecule is C[C@H](NC(=O)[C@H](C)NC(=O)C(N)CP(=O)(O)O)C(=O)O. The molecule has 0 fully saturated rings. The Morgan fingerprint density at radius 2 is 1.55 bits per heavy atom. The maximum Gasteiger partial charge on any atom is 0.327 e. The van der Waals surface area contributed by atoms with Crippen LogP contribution in [0, 0.1) is 0 Å². The van der Waals surface area contributed by atoms with Crippen molar-refractivity contribution in [3.63, 3.8) is 0 Å². The van der Waals surface area contributed by atoms with Crippen LogP contribution in [0.5, 0.6) is 0 Å². The van der Waals surface area contributed by atoms with E-state index in [-0.39, 0.29) is 0 Å². The van der Waals surface area contributed by atoms with Crippen molar-refractivity contribution in [2.24, 2.45) is 5.73 Å². The first-order valence-electron chi connectivity index (χ1n) is 5.57. The lowest BCUT2D eigenvalue weighted by Crippen LogP contribution is -2.53. The highest BCUT2D eigenvalue weighted by atomic mass is 31.2. The summed E-state index contributed by atoms with van der Waals surface area (Å²) in [4.78, 5) is 50.9. The molecule has 1 unspecified atom stereocenters. The maximum atomic E-state index is 11.5. The van der Waals surface area contributed by atoms with Crippen molar-refractivity contribution in [1.82, 2.24) is 10.6 Å². The van der Waals surface area contributed by atoms with Crippen LogP contribution in [-0.4, -0.2) is 57.0 Å². The smallest absolute Gasteiger partial charge is 0.327 e. The molecule has 0 aliphatic heterocycles. The van der Waals surface area contributed by atoms with Crippen molar-refractivity contribution in [1.29, 1.82) is 0 Å². The lowest BCUT2D eigenvalue weighted by Gasteiger charge is -2.18. The summed E-state index contributed by atoms with van der Waals surface area (Å²) < 4.78 is 10.7. The maximum absolute atomic E-state index is 11.5. The second-order valence-corrected chi connectivity index (χ2v) is 5.95. The Bertz CT molecular complexity index is 435. The quantitative estimate of drug-likeness (QED) is 0.281. The van der Waals surface area contributed by atoms with Crippen LogP contribution < -0.4 is 16.4 Å². The summed E-state index contributed by atoms with van der Waals surface area (Å²) in [6, 6.07) is -3.69. The molecular weight excluding hydrogens is 293 g/mol. The number of carboxylic acid groups (broad SMARTS) is 1. The zero-order valence-corrected chi connectivity index (χ0v) is 11.8. The van der Waals surface area contributed by atoms with E-state index in [1.165, 1.54) is 13.8 Å². The summed E-state index contributed by atoms with van der Waals surface area (Å²) in [7, 11) is -4.44. The molecule has 0 aromatic carbocycles. The predicted molar refractivity (Wildman–Crippen MR) is 67.7 cm³/mol. The van der Waals surface area contributed by atoms with Crippen molar-refractivity contribution < 1.29 is 33.8 Å². The van der Waals surface area contributed by atoms with Crippen LogP contribution in [0.15, 0.2) is 0 Å². The third-order valence-electron chi connectivity index (χ3n) is 2.25. The van der Waals surface area contributed by atoms with Gasteiger partial charge in [0.1, 0.15) is 12.1 Å². The Morgan fingerprint density at radius 1 is 1.10 bits per heavy atom. The van der Waals surface area contributed by atoms with E-state index in [9.17, 15) is 18.9 Å². The number of carbonyl (C=O) groups is 3. The van der Waals surface area contributed by atoms with Crippen LogP contribution in [0.4, 0.5) is 0 Å². The third-order valence-corrected chi connectivity index (χ3v) is 3.12. The molecule has 0 heterocycles. The summed E-state index contributed by atoms with van der Waals surface area (Å²) in [5.41, 5.74) is 5.27. The summed E-state index contributed by atoms with van der Waals surface area (Å²) in [5.74, 6) is -2.91. The van der Waals surface area contributed by atoms with Gasteiger partial charge in [-0.1, -0.05) is 0 Å². The van der Waals surface area contributed by atoms with Gasteiger partial charge in [-0.05, 0) is 13.8 Å². The van der Waals surface area contributed by atoms with Gasteiger partial charge < -0.3 is 31.3 Å². The molecule has 20 heavy (non-hydrogen) atoms. The lowest BCUT2D eigenvalue weighted by atomic mass is 10.2. The number of carbonyl (C=O) groups excluding carboxylic acids is 2. The van der Waals surface area contributed by atoms with Gasteiger partial charge in [0, 0.05) is 0 Å². The third kappa shape index (κ3) is 7.19. The van der Waals surface area contributed by atoms with Crippen LogP contribution in [0.3, 0.4) is 0 Å². The van der Waals surface area contributed by atoms with Gasteiger partial charge in [0.05, 0.1) is 12.2 Å². The van der Waals surface area contributed by atoms with Gasteiger partial charge in [0.25, 0.3) is 0 Å². The topological polar surface area (TPSA) is 179 Å². The van der Waals surface area contributed by atoms with Gasteiger partial charge in [0.2, 0.25) is 11.8 Å². The van der Waals surface area contributed by atoms with Crippen LogP contribution >= 0.6 is 7.60 Å². The summed E-state index contributed by atoms with van der Waals surface area (Å²) >= 11 is 0. The average molecular weight is 311 g/mol. The molecule has 0 aliphatic rings. The highest BCUT2D eigenvalue weighted by Gasteiger charge is 2.27. The Balaban J connectivity index is 4.42. The largest absolute Gasteiger partial charge is 0.480 e. The molecule has 0 spiro atoms. The molecule has 0 rings (SSSR count). The molecule has 0 bridgehead atoms. The fraction of sp³-hybridized carbons (Fsp3) is 0.667. The number of carboxylic acids is 1. The van der Waals surface area contributed by atoms with E-state index < -0.39 is 49.7 Å². The van der Waals surface area contributed by atoms with E-state index in [4.69, 9.17) is 20.6 Å². The first-order valence-corrected chi connectivity index (χ1v) is 7.37. The first kappa shape index (κ1) is 18.5. The standard InChI is InChI=1S/C9H18N3O7P/c1-4(7(13)12-5(2)9(15)16)11-8(14)6(10)3-20(17,18)19/h4-6H,3,10H2,1-2H3,(H,11,14)(H,12,13)(H,15,16)(H2,17,18,19)/t4-,5-,6?/m0/s1. The number of hydrogen-bond acceptors (Lipinski definition) is 5. The zero-order chi connectivity index (χ0) is 16.1. The number of nitrogens with two attached hydrogens (primary N) is 1. The molecule has 7 N–H and O–H groups in total. The molecule has 2 amide bonds. The van der Waals surface area contributed by atoms with Crippen LogP contribution in [0.2, 0.25) is 0 Å². The van der Waals surface area contributed by atoms with E-state index in [1.807, 2.05) is 0 Å². The molecule has 11 heteroatoms. The predicted octanol–water partition coefficient (Wildman–Crippen LogP) is -2.41. The van der Waals surface area contributed by atoms with Crippen LogP contribution in [-0.2, 0) is 18.9 Å². The summed E-state index contributed by atoms with van der Waals surface area (Å²) in [6.07, 6.45) is -0.849. The Hall–Kier alpha value is -1.48. The molecular formula is C9H18N3O7P. The van der Waals surface area contributed by atoms with Gasteiger partial charge in [-0.3, -0.25) is 18.9 Å². The lowest BCUT2D eigenvalue weighted by molar-refractivity contribution is -0.141. The fourth-order valence-corrected chi connectivity index (χ4v) is 1.80. The molecule has 10 nitrogen and oxygen atoms in total. The summed E-state index contributed by atoms with van der Waals surface area (Å²) in [6.45, 7) is 2.53. The van der Waals surface area contributed by atoms with Crippen LogP contribution in [0.25, 0.3) is 0 Å². The Morgan fingerprint density at radius 3 is 1.95 bits per heavy atom. The minimum atomic E-state index is -4.44. The zero-order valence-electron chi connectivity index (χ0n) is 10.9. The normalized spacial score (nSPS) is 15.8. The van der Waals surface area contributed by atoms with E-state index >= 15 is 0 Å². The average Bonchev–Trinajstić information content (AvgIpc) is 2.25. The van der Waals surface area contributed by atoms with Crippen molar-refractivity contribution >= 4 is 25.4 Å². The number of aliphatic carboxylic acids is 1. The van der Waals surface area contributed by atoms with Gasteiger partial charge in [-0.2, -0.15) is 0 Å². The number of rotatable bonds is 7. The van der Waals surface area contributed by atoms with E-state index in [0.29, 0.717) is 0 Å².